The van der Waals surface area contributed by atoms with Crippen molar-refractivity contribution in [3.8, 4) is 0 Å². The molecule has 0 atom stereocenters. The van der Waals surface area contributed by atoms with Crippen LogP contribution >= 0.6 is 11.6 Å². The molecule has 0 aromatic heterocycles. The molecular weight excluding hydrogens is 134 g/mol. The van der Waals surface area contributed by atoms with Gasteiger partial charge >= 0.3 is 0 Å². The Labute approximate surface area is 61.8 Å². The predicted octanol–water partition coefficient (Wildman–Crippen LogP) is 1.61. The molecule has 0 bridgehead atoms. The second-order valence-electron chi connectivity index (χ2n) is 2.75. The minimum atomic E-state index is 0.777. The minimum Gasteiger partial charge on any atom is -0.314 e. The third-order valence-corrected chi connectivity index (χ3v) is 2.38. The Kier molecular flexibility index (Phi) is 2.80. The molecule has 0 amide bonds. The average Bonchev–Trinajstić information content (AvgIpc) is 1.77. The third-order valence-electron chi connectivity index (χ3n) is 1.95. The molecule has 1 fully saturated rings. The molecule has 54 valence electrons. The normalized spacial score (nSPS) is 34.0. The minimum absolute atomic E-state index is 0.777. The number of nitrogens with one attached hydrogen (secondary N) is 1. The molecule has 1 aliphatic rings. The summed E-state index contributed by atoms with van der Waals surface area (Å²) in [5, 5.41) is 3.39. The molecule has 9 heavy (non-hydrogen) atoms. The van der Waals surface area contributed by atoms with E-state index in [4.69, 9.17) is 11.6 Å². The zero-order chi connectivity index (χ0) is 6.69. The van der Waals surface area contributed by atoms with E-state index in [-0.39, 0.29) is 0 Å². The van der Waals surface area contributed by atoms with Crippen molar-refractivity contribution in [1.82, 2.24) is 5.32 Å². The van der Waals surface area contributed by atoms with Crippen molar-refractivity contribution in [3.05, 3.63) is 0 Å². The van der Waals surface area contributed by atoms with E-state index in [1.54, 1.807) is 0 Å². The van der Waals surface area contributed by atoms with Gasteiger partial charge in [-0.25, -0.2) is 0 Å². The summed E-state index contributed by atoms with van der Waals surface area (Å²) in [5.41, 5.74) is 0. The summed E-state index contributed by atoms with van der Waals surface area (Å²) in [6.45, 7) is 3.24. The Morgan fingerprint density at radius 2 is 2.22 bits per heavy atom. The Morgan fingerprint density at radius 1 is 1.56 bits per heavy atom. The van der Waals surface area contributed by atoms with Gasteiger partial charge in [-0.1, -0.05) is 6.92 Å². The third kappa shape index (κ3) is 1.84. The average molecular weight is 148 g/mol. The van der Waals surface area contributed by atoms with Gasteiger partial charge in [0.1, 0.15) is 0 Å². The van der Waals surface area contributed by atoms with Gasteiger partial charge in [-0.3, -0.25) is 0 Å². The molecule has 0 aromatic rings. The van der Waals surface area contributed by atoms with Crippen LogP contribution in [0, 0.1) is 5.92 Å². The smallest absolute Gasteiger partial charge is 0.0252 e. The van der Waals surface area contributed by atoms with Crippen LogP contribution in [0.15, 0.2) is 0 Å². The van der Waals surface area contributed by atoms with Crippen molar-refractivity contribution in [3.63, 3.8) is 0 Å². The second-order valence-corrected chi connectivity index (χ2v) is 3.05. The van der Waals surface area contributed by atoms with E-state index < -0.39 is 0 Å². The molecule has 0 spiro atoms. The van der Waals surface area contributed by atoms with Crippen molar-refractivity contribution in [2.24, 2.45) is 5.92 Å². The van der Waals surface area contributed by atoms with E-state index in [1.165, 1.54) is 12.8 Å². The van der Waals surface area contributed by atoms with Crippen LogP contribution in [0.2, 0.25) is 0 Å². The first-order chi connectivity index (χ1) is 4.36. The zero-order valence-electron chi connectivity index (χ0n) is 5.86. The molecule has 0 unspecified atom stereocenters. The first-order valence-corrected chi connectivity index (χ1v) is 4.19. The van der Waals surface area contributed by atoms with Gasteiger partial charge in [-0.2, -0.15) is 0 Å². The van der Waals surface area contributed by atoms with Crippen LogP contribution in [-0.2, 0) is 0 Å². The molecule has 0 radical (unpaired) electrons. The van der Waals surface area contributed by atoms with Gasteiger partial charge < -0.3 is 5.32 Å². The SMILES string of the molecule is CCNC1CC(CCl)C1. The Morgan fingerprint density at radius 3 is 2.67 bits per heavy atom. The summed E-state index contributed by atoms with van der Waals surface area (Å²) >= 11 is 5.64. The van der Waals surface area contributed by atoms with E-state index >= 15 is 0 Å². The molecule has 1 nitrogen and oxygen atoms in total. The van der Waals surface area contributed by atoms with Gasteiger partial charge in [0.15, 0.2) is 0 Å². The molecule has 0 aromatic carbocycles. The molecular formula is C7H14ClN. The van der Waals surface area contributed by atoms with Crippen LogP contribution in [0.25, 0.3) is 0 Å². The van der Waals surface area contributed by atoms with Crippen molar-refractivity contribution in [2.45, 2.75) is 25.8 Å². The fourth-order valence-electron chi connectivity index (χ4n) is 1.32. The summed E-state index contributed by atoms with van der Waals surface area (Å²) in [5.74, 6) is 1.65. The fraction of sp³-hybridized carbons (Fsp3) is 1.00. The predicted molar refractivity (Wildman–Crippen MR) is 40.9 cm³/mol. The Hall–Kier alpha value is 0.250. The van der Waals surface area contributed by atoms with Crippen molar-refractivity contribution in [2.75, 3.05) is 12.4 Å². The number of alkyl halides is 1. The summed E-state index contributed by atoms with van der Waals surface area (Å²) in [7, 11) is 0. The van der Waals surface area contributed by atoms with Gasteiger partial charge in [0, 0.05) is 11.9 Å². The first-order valence-electron chi connectivity index (χ1n) is 3.66. The lowest BCUT2D eigenvalue weighted by Gasteiger charge is -2.34. The van der Waals surface area contributed by atoms with Gasteiger partial charge in [-0.05, 0) is 25.3 Å². The van der Waals surface area contributed by atoms with E-state index in [0.717, 1.165) is 24.4 Å². The summed E-state index contributed by atoms with van der Waals surface area (Å²) in [6.07, 6.45) is 2.58. The van der Waals surface area contributed by atoms with E-state index in [1.807, 2.05) is 0 Å². The highest BCUT2D eigenvalue weighted by atomic mass is 35.5. The maximum absolute atomic E-state index is 5.64. The van der Waals surface area contributed by atoms with Crippen molar-refractivity contribution < 1.29 is 0 Å². The molecule has 2 heteroatoms. The zero-order valence-corrected chi connectivity index (χ0v) is 6.62. The van der Waals surface area contributed by atoms with Crippen LogP contribution in [-0.4, -0.2) is 18.5 Å². The molecule has 1 aliphatic carbocycles. The van der Waals surface area contributed by atoms with Crippen molar-refractivity contribution >= 4 is 11.6 Å². The number of rotatable bonds is 3. The van der Waals surface area contributed by atoms with Crippen LogP contribution in [0.5, 0.6) is 0 Å². The van der Waals surface area contributed by atoms with Crippen LogP contribution in [0.4, 0.5) is 0 Å². The topological polar surface area (TPSA) is 12.0 Å². The lowest BCUT2D eigenvalue weighted by atomic mass is 9.82. The summed E-state index contributed by atoms with van der Waals surface area (Å²) in [6, 6.07) is 0.777. The van der Waals surface area contributed by atoms with Crippen LogP contribution < -0.4 is 5.32 Å². The molecule has 0 saturated heterocycles. The molecule has 1 N–H and O–H groups in total. The monoisotopic (exact) mass is 147 g/mol. The summed E-state index contributed by atoms with van der Waals surface area (Å²) in [4.78, 5) is 0. The van der Waals surface area contributed by atoms with Crippen LogP contribution in [0.1, 0.15) is 19.8 Å². The molecule has 1 saturated carbocycles. The second kappa shape index (κ2) is 3.43. The first kappa shape index (κ1) is 7.36. The number of hydrogen-bond acceptors (Lipinski definition) is 1. The van der Waals surface area contributed by atoms with E-state index in [2.05, 4.69) is 12.2 Å². The lowest BCUT2D eigenvalue weighted by molar-refractivity contribution is 0.248. The number of halogens is 1. The molecule has 0 aliphatic heterocycles. The van der Waals surface area contributed by atoms with Crippen molar-refractivity contribution in [1.29, 1.82) is 0 Å². The summed E-state index contributed by atoms with van der Waals surface area (Å²) < 4.78 is 0. The Bertz CT molecular complexity index is 79.0. The molecule has 1 rings (SSSR count). The maximum Gasteiger partial charge on any atom is 0.0252 e. The van der Waals surface area contributed by atoms with Crippen LogP contribution in [0.3, 0.4) is 0 Å². The van der Waals surface area contributed by atoms with Gasteiger partial charge in [0.25, 0.3) is 0 Å². The number of hydrogen-bond donors (Lipinski definition) is 1. The highest BCUT2D eigenvalue weighted by molar-refractivity contribution is 6.18. The van der Waals surface area contributed by atoms with Gasteiger partial charge in [-0.15, -0.1) is 11.6 Å². The maximum atomic E-state index is 5.64. The van der Waals surface area contributed by atoms with E-state index in [9.17, 15) is 0 Å². The largest absolute Gasteiger partial charge is 0.314 e. The van der Waals surface area contributed by atoms with E-state index in [0.29, 0.717) is 0 Å². The lowest BCUT2D eigenvalue weighted by Crippen LogP contribution is -2.41. The fourth-order valence-corrected chi connectivity index (χ4v) is 1.57. The molecule has 0 heterocycles. The highest BCUT2D eigenvalue weighted by Gasteiger charge is 2.26. The Balaban J connectivity index is 1.98. The van der Waals surface area contributed by atoms with Gasteiger partial charge in [0.05, 0.1) is 0 Å². The quantitative estimate of drug-likeness (QED) is 0.599. The van der Waals surface area contributed by atoms with Gasteiger partial charge in [0.2, 0.25) is 0 Å². The standard InChI is InChI=1S/C7H14ClN/c1-2-9-7-3-6(4-7)5-8/h6-7,9H,2-5H2,1H3. The highest BCUT2D eigenvalue weighted by Crippen LogP contribution is 2.27.